The Bertz CT molecular complexity index is 429. The number of pyridine rings is 1. The molecule has 1 fully saturated rings. The zero-order valence-corrected chi connectivity index (χ0v) is 7.64. The maximum atomic E-state index is 11.7. The second-order valence-electron chi connectivity index (χ2n) is 2.98. The Hall–Kier alpha value is -2.24. The van der Waals surface area contributed by atoms with E-state index in [1.807, 2.05) is 0 Å². The van der Waals surface area contributed by atoms with E-state index in [0.717, 1.165) is 5.01 Å². The van der Waals surface area contributed by atoms with Crippen molar-refractivity contribution in [1.29, 1.82) is 0 Å². The van der Waals surface area contributed by atoms with Gasteiger partial charge in [0.1, 0.15) is 6.42 Å². The zero-order chi connectivity index (χ0) is 10.8. The number of carbonyl (C=O) groups excluding carboxylic acids is 3. The zero-order valence-electron chi connectivity index (χ0n) is 7.64. The minimum Gasteiger partial charge on any atom is -0.273 e. The summed E-state index contributed by atoms with van der Waals surface area (Å²) < 4.78 is 0. The minimum absolute atomic E-state index is 0.281. The maximum Gasteiger partial charge on any atom is 0.279 e. The summed E-state index contributed by atoms with van der Waals surface area (Å²) in [7, 11) is 0. The molecular weight excluding hydrogens is 198 g/mol. The molecular formula is C9H7N3O3. The summed E-state index contributed by atoms with van der Waals surface area (Å²) in [6.07, 6.45) is 2.60. The molecule has 1 aromatic rings. The Kier molecular flexibility index (Phi) is 2.17. The quantitative estimate of drug-likeness (QED) is 0.494. The van der Waals surface area contributed by atoms with Crippen LogP contribution in [0.1, 0.15) is 16.8 Å². The number of rotatable bonds is 1. The maximum absolute atomic E-state index is 11.7. The first-order valence-corrected chi connectivity index (χ1v) is 4.25. The summed E-state index contributed by atoms with van der Waals surface area (Å²) in [6, 6.07) is 2.94. The Morgan fingerprint density at radius 3 is 2.53 bits per heavy atom. The molecule has 2 heterocycles. The normalized spacial score (nSPS) is 15.3. The lowest BCUT2D eigenvalue weighted by Gasteiger charge is -2.12. The van der Waals surface area contributed by atoms with E-state index in [9.17, 15) is 14.4 Å². The highest BCUT2D eigenvalue weighted by atomic mass is 16.2. The molecule has 0 bridgehead atoms. The van der Waals surface area contributed by atoms with E-state index in [1.54, 1.807) is 0 Å². The van der Waals surface area contributed by atoms with Crippen molar-refractivity contribution < 1.29 is 14.4 Å². The molecule has 0 aliphatic carbocycles. The number of aromatic nitrogens is 1. The van der Waals surface area contributed by atoms with Gasteiger partial charge < -0.3 is 0 Å². The largest absolute Gasteiger partial charge is 0.279 e. The first kappa shape index (κ1) is 9.32. The number of amides is 3. The van der Waals surface area contributed by atoms with E-state index in [-0.39, 0.29) is 6.42 Å². The van der Waals surface area contributed by atoms with Gasteiger partial charge in [0.25, 0.3) is 11.8 Å². The van der Waals surface area contributed by atoms with Gasteiger partial charge in [0.2, 0.25) is 5.91 Å². The summed E-state index contributed by atoms with van der Waals surface area (Å²) >= 11 is 0. The highest BCUT2D eigenvalue weighted by molar-refractivity contribution is 6.13. The van der Waals surface area contributed by atoms with Crippen molar-refractivity contribution in [1.82, 2.24) is 15.4 Å². The highest BCUT2D eigenvalue weighted by Crippen LogP contribution is 2.07. The molecule has 3 amide bonds. The van der Waals surface area contributed by atoms with Crippen LogP contribution in [-0.4, -0.2) is 27.7 Å². The van der Waals surface area contributed by atoms with Gasteiger partial charge in [-0.15, -0.1) is 0 Å². The number of hydrogen-bond acceptors (Lipinski definition) is 4. The molecule has 6 nitrogen and oxygen atoms in total. The topological polar surface area (TPSA) is 79.4 Å². The predicted octanol–water partition coefficient (Wildman–Crippen LogP) is -0.515. The van der Waals surface area contributed by atoms with Gasteiger partial charge in [-0.1, -0.05) is 0 Å². The van der Waals surface area contributed by atoms with Gasteiger partial charge in [-0.05, 0) is 12.1 Å². The molecule has 1 N–H and O–H groups in total. The number of carbonyl (C=O) groups is 3. The van der Waals surface area contributed by atoms with Crippen LogP contribution in [0, 0.1) is 0 Å². The third-order valence-electron chi connectivity index (χ3n) is 1.93. The van der Waals surface area contributed by atoms with Gasteiger partial charge in [0.15, 0.2) is 0 Å². The average molecular weight is 205 g/mol. The molecule has 0 saturated carbocycles. The third kappa shape index (κ3) is 1.69. The fourth-order valence-electron chi connectivity index (χ4n) is 1.23. The fourth-order valence-corrected chi connectivity index (χ4v) is 1.23. The Balaban J connectivity index is 2.23. The van der Waals surface area contributed by atoms with E-state index in [4.69, 9.17) is 0 Å². The average Bonchev–Trinajstić information content (AvgIpc) is 2.58. The molecule has 0 unspecified atom stereocenters. The summed E-state index contributed by atoms with van der Waals surface area (Å²) in [5.41, 5.74) is 2.48. The second-order valence-corrected chi connectivity index (χ2v) is 2.98. The number of imide groups is 1. The number of hydrogen-bond donors (Lipinski definition) is 1. The van der Waals surface area contributed by atoms with Crippen molar-refractivity contribution in [2.24, 2.45) is 0 Å². The molecule has 0 spiro atoms. The van der Waals surface area contributed by atoms with Crippen molar-refractivity contribution >= 4 is 17.7 Å². The van der Waals surface area contributed by atoms with Crippen LogP contribution in [0.5, 0.6) is 0 Å². The van der Waals surface area contributed by atoms with E-state index >= 15 is 0 Å². The van der Waals surface area contributed by atoms with Crippen LogP contribution in [0.15, 0.2) is 24.5 Å². The van der Waals surface area contributed by atoms with E-state index in [2.05, 4.69) is 10.4 Å². The van der Waals surface area contributed by atoms with Crippen molar-refractivity contribution in [2.45, 2.75) is 6.42 Å². The molecule has 0 atom stereocenters. The van der Waals surface area contributed by atoms with Gasteiger partial charge >= 0.3 is 0 Å². The molecule has 1 aromatic heterocycles. The molecule has 1 aliphatic heterocycles. The molecule has 1 aliphatic rings. The molecule has 6 heteroatoms. The number of nitrogens with zero attached hydrogens (tertiary/aromatic N) is 2. The van der Waals surface area contributed by atoms with Crippen molar-refractivity contribution in [3.8, 4) is 0 Å². The summed E-state index contributed by atoms with van der Waals surface area (Å²) in [5.74, 6) is -1.56. The van der Waals surface area contributed by atoms with Crippen molar-refractivity contribution in [3.05, 3.63) is 30.1 Å². The highest BCUT2D eigenvalue weighted by Gasteiger charge is 2.32. The minimum atomic E-state index is -0.548. The smallest absolute Gasteiger partial charge is 0.273 e. The van der Waals surface area contributed by atoms with Crippen LogP contribution in [0.25, 0.3) is 0 Å². The molecule has 0 aromatic carbocycles. The molecule has 15 heavy (non-hydrogen) atoms. The van der Waals surface area contributed by atoms with E-state index in [0.29, 0.717) is 5.56 Å². The lowest BCUT2D eigenvalue weighted by molar-refractivity contribution is -0.126. The second kappa shape index (κ2) is 3.49. The monoisotopic (exact) mass is 205 g/mol. The summed E-state index contributed by atoms with van der Waals surface area (Å²) in [6.45, 7) is 0. The number of hydrazine groups is 1. The third-order valence-corrected chi connectivity index (χ3v) is 1.93. The van der Waals surface area contributed by atoms with Gasteiger partial charge in [-0.3, -0.25) is 24.8 Å². The van der Waals surface area contributed by atoms with Crippen LogP contribution >= 0.6 is 0 Å². The summed E-state index contributed by atoms with van der Waals surface area (Å²) in [5, 5.41) is 0.720. The molecule has 0 radical (unpaired) electrons. The first-order chi connectivity index (χ1) is 7.18. The fraction of sp³-hybridized carbons (Fsp3) is 0.111. The van der Waals surface area contributed by atoms with Crippen LogP contribution in [0.2, 0.25) is 0 Å². The van der Waals surface area contributed by atoms with Crippen molar-refractivity contribution in [2.75, 3.05) is 0 Å². The molecule has 76 valence electrons. The van der Waals surface area contributed by atoms with Crippen molar-refractivity contribution in [3.63, 3.8) is 0 Å². The molecule has 2 rings (SSSR count). The lowest BCUT2D eigenvalue weighted by atomic mass is 10.2. The van der Waals surface area contributed by atoms with Gasteiger partial charge in [0.05, 0.1) is 0 Å². The Labute approximate surface area is 84.9 Å². The standard InChI is InChI=1S/C9H7N3O3/c13-7-5-8(14)12(11-7)9(15)6-1-3-10-4-2-6/h1-4H,5H2,(H,11,13). The van der Waals surface area contributed by atoms with E-state index < -0.39 is 17.7 Å². The van der Waals surface area contributed by atoms with Gasteiger partial charge in [0, 0.05) is 18.0 Å². The van der Waals surface area contributed by atoms with Crippen LogP contribution in [-0.2, 0) is 9.59 Å². The number of nitrogens with one attached hydrogen (secondary N) is 1. The SMILES string of the molecule is O=C1CC(=O)N(C(=O)c2ccncc2)N1. The first-order valence-electron chi connectivity index (χ1n) is 4.25. The van der Waals surface area contributed by atoms with Crippen LogP contribution < -0.4 is 5.43 Å². The van der Waals surface area contributed by atoms with E-state index in [1.165, 1.54) is 24.5 Å². The van der Waals surface area contributed by atoms with Gasteiger partial charge in [-0.2, -0.15) is 5.01 Å². The molecule has 1 saturated heterocycles. The predicted molar refractivity (Wildman–Crippen MR) is 48.2 cm³/mol. The van der Waals surface area contributed by atoms with Crippen LogP contribution in [0.3, 0.4) is 0 Å². The summed E-state index contributed by atoms with van der Waals surface area (Å²) in [4.78, 5) is 37.5. The lowest BCUT2D eigenvalue weighted by Crippen LogP contribution is -2.41. The Morgan fingerprint density at radius 1 is 1.33 bits per heavy atom. The Morgan fingerprint density at radius 2 is 2.00 bits per heavy atom. The van der Waals surface area contributed by atoms with Crippen LogP contribution in [0.4, 0.5) is 0 Å². The van der Waals surface area contributed by atoms with Gasteiger partial charge in [-0.25, -0.2) is 0 Å².